The lowest BCUT2D eigenvalue weighted by Gasteiger charge is -2.39. The Bertz CT molecular complexity index is 312. The van der Waals surface area contributed by atoms with Crippen molar-refractivity contribution in [3.8, 4) is 0 Å². The largest absolute Gasteiger partial charge is 0.338 e. The number of carbonyl (C=O) groups is 1. The highest BCUT2D eigenvalue weighted by Crippen LogP contribution is 2.31. The van der Waals surface area contributed by atoms with Crippen molar-refractivity contribution in [1.82, 2.24) is 9.80 Å². The molecule has 0 aromatic carbocycles. The quantitative estimate of drug-likeness (QED) is 0.745. The van der Waals surface area contributed by atoms with Crippen LogP contribution in [0.4, 0.5) is 0 Å². The second kappa shape index (κ2) is 7.44. The van der Waals surface area contributed by atoms with Crippen molar-refractivity contribution in [2.24, 2.45) is 5.92 Å². The molecule has 20 heavy (non-hydrogen) atoms. The average Bonchev–Trinajstić information content (AvgIpc) is 2.81. The third-order valence-corrected chi connectivity index (χ3v) is 5.26. The Kier molecular flexibility index (Phi) is 5.88. The summed E-state index contributed by atoms with van der Waals surface area (Å²) in [6.45, 7) is 6.62. The molecule has 116 valence electrons. The predicted molar refractivity (Wildman–Crippen MR) is 83.7 cm³/mol. The van der Waals surface area contributed by atoms with Crippen molar-refractivity contribution in [2.45, 2.75) is 77.3 Å². The van der Waals surface area contributed by atoms with Crippen LogP contribution in [0.1, 0.15) is 65.2 Å². The van der Waals surface area contributed by atoms with E-state index >= 15 is 0 Å². The molecule has 2 atom stereocenters. The average molecular weight is 280 g/mol. The van der Waals surface area contributed by atoms with E-state index < -0.39 is 0 Å². The first-order chi connectivity index (χ1) is 9.67. The molecule has 2 rings (SSSR count). The Morgan fingerprint density at radius 1 is 1.10 bits per heavy atom. The van der Waals surface area contributed by atoms with Crippen LogP contribution in [0.5, 0.6) is 0 Å². The van der Waals surface area contributed by atoms with Gasteiger partial charge in [0.1, 0.15) is 0 Å². The molecule has 0 N–H and O–H groups in total. The van der Waals surface area contributed by atoms with Crippen molar-refractivity contribution in [3.05, 3.63) is 0 Å². The van der Waals surface area contributed by atoms with Crippen LogP contribution in [0.15, 0.2) is 0 Å². The van der Waals surface area contributed by atoms with E-state index in [0.29, 0.717) is 23.9 Å². The fourth-order valence-corrected chi connectivity index (χ4v) is 4.24. The summed E-state index contributed by atoms with van der Waals surface area (Å²) in [5, 5.41) is 0. The zero-order valence-electron chi connectivity index (χ0n) is 13.6. The van der Waals surface area contributed by atoms with Crippen LogP contribution in [0.2, 0.25) is 0 Å². The summed E-state index contributed by atoms with van der Waals surface area (Å²) in [5.74, 6) is 1.04. The molecule has 0 aromatic heterocycles. The van der Waals surface area contributed by atoms with Gasteiger partial charge in [-0.1, -0.05) is 39.5 Å². The van der Waals surface area contributed by atoms with E-state index in [1.54, 1.807) is 0 Å². The highest BCUT2D eigenvalue weighted by molar-refractivity contribution is 5.77. The van der Waals surface area contributed by atoms with Gasteiger partial charge in [0.2, 0.25) is 5.91 Å². The van der Waals surface area contributed by atoms with Gasteiger partial charge in [0, 0.05) is 31.6 Å². The van der Waals surface area contributed by atoms with Gasteiger partial charge in [-0.25, -0.2) is 0 Å². The topological polar surface area (TPSA) is 23.6 Å². The van der Waals surface area contributed by atoms with Gasteiger partial charge in [-0.2, -0.15) is 0 Å². The van der Waals surface area contributed by atoms with Gasteiger partial charge in [0.05, 0.1) is 0 Å². The van der Waals surface area contributed by atoms with Crippen LogP contribution in [0.3, 0.4) is 0 Å². The smallest absolute Gasteiger partial charge is 0.223 e. The van der Waals surface area contributed by atoms with Crippen molar-refractivity contribution < 1.29 is 4.79 Å². The normalized spacial score (nSPS) is 27.1. The maximum Gasteiger partial charge on any atom is 0.223 e. The molecule has 1 amide bonds. The Balaban J connectivity index is 1.93. The number of hydrogen-bond acceptors (Lipinski definition) is 2. The van der Waals surface area contributed by atoms with E-state index in [4.69, 9.17) is 0 Å². The number of nitrogens with zero attached hydrogens (tertiary/aromatic N) is 2. The summed E-state index contributed by atoms with van der Waals surface area (Å²) in [6, 6.07) is 1.13. The lowest BCUT2D eigenvalue weighted by atomic mass is 9.92. The van der Waals surface area contributed by atoms with Crippen molar-refractivity contribution >= 4 is 5.91 Å². The molecule has 2 fully saturated rings. The van der Waals surface area contributed by atoms with Gasteiger partial charge in [-0.3, -0.25) is 4.79 Å². The molecule has 0 radical (unpaired) electrons. The highest BCUT2D eigenvalue weighted by atomic mass is 16.2. The molecule has 0 aromatic rings. The zero-order valence-corrected chi connectivity index (χ0v) is 13.6. The SMILES string of the molecule is CCCC(CCC)CC(=O)N1CCC[C@@H]2[C@H]1CCN2C. The minimum atomic E-state index is 0.432. The second-order valence-corrected chi connectivity index (χ2v) is 6.78. The second-order valence-electron chi connectivity index (χ2n) is 6.78. The lowest BCUT2D eigenvalue weighted by molar-refractivity contribution is -0.136. The molecule has 0 aliphatic carbocycles. The molecule has 0 spiro atoms. The molecule has 0 bridgehead atoms. The monoisotopic (exact) mass is 280 g/mol. The molecule has 0 saturated carbocycles. The van der Waals surface area contributed by atoms with Crippen molar-refractivity contribution in [3.63, 3.8) is 0 Å². The zero-order chi connectivity index (χ0) is 14.5. The van der Waals surface area contributed by atoms with Crippen LogP contribution in [0.25, 0.3) is 0 Å². The van der Waals surface area contributed by atoms with E-state index in [1.165, 1.54) is 44.9 Å². The van der Waals surface area contributed by atoms with Crippen LogP contribution < -0.4 is 0 Å². The summed E-state index contributed by atoms with van der Waals surface area (Å²) in [5.41, 5.74) is 0. The minimum Gasteiger partial charge on any atom is -0.338 e. The molecule has 3 heteroatoms. The number of piperidine rings is 1. The Morgan fingerprint density at radius 3 is 2.45 bits per heavy atom. The molecule has 2 saturated heterocycles. The fourth-order valence-electron chi connectivity index (χ4n) is 4.24. The van der Waals surface area contributed by atoms with Crippen LogP contribution in [-0.4, -0.2) is 47.9 Å². The van der Waals surface area contributed by atoms with Crippen LogP contribution in [0, 0.1) is 5.92 Å². The lowest BCUT2D eigenvalue weighted by Crippen LogP contribution is -2.51. The number of fused-ring (bicyclic) bond motifs is 1. The van der Waals surface area contributed by atoms with E-state index in [0.717, 1.165) is 19.5 Å². The molecule has 0 unspecified atom stereocenters. The van der Waals surface area contributed by atoms with Crippen molar-refractivity contribution in [2.75, 3.05) is 20.1 Å². The van der Waals surface area contributed by atoms with Gasteiger partial charge >= 0.3 is 0 Å². The number of carbonyl (C=O) groups excluding carboxylic acids is 1. The van der Waals surface area contributed by atoms with Crippen LogP contribution in [-0.2, 0) is 4.79 Å². The van der Waals surface area contributed by atoms with Gasteiger partial charge < -0.3 is 9.80 Å². The number of rotatable bonds is 6. The van der Waals surface area contributed by atoms with Gasteiger partial charge in [0.15, 0.2) is 0 Å². The van der Waals surface area contributed by atoms with Gasteiger partial charge in [-0.05, 0) is 32.2 Å². The van der Waals surface area contributed by atoms with E-state index in [9.17, 15) is 4.79 Å². The predicted octanol–water partition coefficient (Wildman–Crippen LogP) is 3.29. The summed E-state index contributed by atoms with van der Waals surface area (Å²) in [6.07, 6.45) is 9.25. The van der Waals surface area contributed by atoms with Gasteiger partial charge in [-0.15, -0.1) is 0 Å². The summed E-state index contributed by atoms with van der Waals surface area (Å²) < 4.78 is 0. The number of likely N-dealkylation sites (N-methyl/N-ethyl adjacent to an activating group) is 1. The first kappa shape index (κ1) is 15.8. The van der Waals surface area contributed by atoms with E-state index in [1.807, 2.05) is 0 Å². The molecular formula is C17H32N2O. The fraction of sp³-hybridized carbons (Fsp3) is 0.941. The van der Waals surface area contributed by atoms with Gasteiger partial charge in [0.25, 0.3) is 0 Å². The molecular weight excluding hydrogens is 248 g/mol. The molecule has 3 nitrogen and oxygen atoms in total. The van der Waals surface area contributed by atoms with Crippen molar-refractivity contribution in [1.29, 1.82) is 0 Å². The molecule has 2 aliphatic heterocycles. The molecule has 2 heterocycles. The third-order valence-electron chi connectivity index (χ3n) is 5.26. The summed E-state index contributed by atoms with van der Waals surface area (Å²) in [7, 11) is 2.22. The third kappa shape index (κ3) is 3.55. The van der Waals surface area contributed by atoms with E-state index in [-0.39, 0.29) is 0 Å². The molecule has 2 aliphatic rings. The highest BCUT2D eigenvalue weighted by Gasteiger charge is 2.40. The Labute approximate surface area is 124 Å². The number of likely N-dealkylation sites (tertiary alicyclic amines) is 2. The first-order valence-corrected chi connectivity index (χ1v) is 8.67. The maximum atomic E-state index is 12.7. The number of hydrogen-bond donors (Lipinski definition) is 0. The van der Waals surface area contributed by atoms with Crippen LogP contribution >= 0.6 is 0 Å². The first-order valence-electron chi connectivity index (χ1n) is 8.67. The van der Waals surface area contributed by atoms with E-state index in [2.05, 4.69) is 30.7 Å². The Morgan fingerprint density at radius 2 is 1.80 bits per heavy atom. The Hall–Kier alpha value is -0.570. The standard InChI is InChI=1S/C17H32N2O/c1-4-7-14(8-5-2)13-17(20)19-11-6-9-15-16(19)10-12-18(15)3/h14-16H,4-13H2,1-3H3/t15-,16-/m1/s1. The maximum absolute atomic E-state index is 12.7. The minimum absolute atomic E-state index is 0.432. The summed E-state index contributed by atoms with van der Waals surface area (Å²) >= 11 is 0. The number of amides is 1. The summed E-state index contributed by atoms with van der Waals surface area (Å²) in [4.78, 5) is 17.4.